The van der Waals surface area contributed by atoms with E-state index in [1.165, 1.54) is 0 Å². The van der Waals surface area contributed by atoms with Gasteiger partial charge in [0.25, 0.3) is 0 Å². The summed E-state index contributed by atoms with van der Waals surface area (Å²) in [6, 6.07) is -0.270. The maximum absolute atomic E-state index is 9.43. The van der Waals surface area contributed by atoms with Gasteiger partial charge in [-0.2, -0.15) is 5.10 Å². The molecule has 5 nitrogen and oxygen atoms in total. The lowest BCUT2D eigenvalue weighted by atomic mass is 9.99. The topological polar surface area (TPSA) is 77.0 Å². The molecule has 0 fully saturated rings. The van der Waals surface area contributed by atoms with Gasteiger partial charge in [-0.3, -0.25) is 0 Å². The molecule has 92 valence electrons. The first-order chi connectivity index (χ1) is 7.45. The number of nitrogens with zero attached hydrogens (tertiary/aromatic N) is 3. The molecule has 0 radical (unpaired) electrons. The molecular weight excluding hydrogens is 204 g/mol. The molecule has 0 bridgehead atoms. The molecule has 2 atom stereocenters. The van der Waals surface area contributed by atoms with Gasteiger partial charge in [0.2, 0.25) is 0 Å². The molecule has 16 heavy (non-hydrogen) atoms. The van der Waals surface area contributed by atoms with E-state index in [1.54, 1.807) is 4.68 Å². The summed E-state index contributed by atoms with van der Waals surface area (Å²) >= 11 is 0. The van der Waals surface area contributed by atoms with Crippen molar-refractivity contribution in [3.8, 4) is 0 Å². The van der Waals surface area contributed by atoms with Crippen LogP contribution < -0.4 is 5.73 Å². The average molecular weight is 226 g/mol. The van der Waals surface area contributed by atoms with E-state index in [0.717, 1.165) is 12.2 Å². The van der Waals surface area contributed by atoms with E-state index in [9.17, 15) is 5.11 Å². The van der Waals surface area contributed by atoms with Gasteiger partial charge in [-0.25, -0.2) is 9.67 Å². The molecule has 1 aromatic rings. The van der Waals surface area contributed by atoms with E-state index >= 15 is 0 Å². The Labute approximate surface area is 96.7 Å². The zero-order valence-electron chi connectivity index (χ0n) is 10.5. The van der Waals surface area contributed by atoms with Crippen molar-refractivity contribution in [1.29, 1.82) is 0 Å². The minimum Gasteiger partial charge on any atom is -0.394 e. The molecule has 0 aliphatic carbocycles. The molecule has 0 amide bonds. The molecule has 0 saturated carbocycles. The number of hydrogen-bond donors (Lipinski definition) is 2. The highest BCUT2D eigenvalue weighted by molar-refractivity contribution is 4.93. The van der Waals surface area contributed by atoms with Crippen LogP contribution in [0.2, 0.25) is 0 Å². The Balaban J connectivity index is 2.85. The fourth-order valence-electron chi connectivity index (χ4n) is 1.95. The Hall–Kier alpha value is -0.940. The Morgan fingerprint density at radius 1 is 1.38 bits per heavy atom. The van der Waals surface area contributed by atoms with Crippen LogP contribution >= 0.6 is 0 Å². The van der Waals surface area contributed by atoms with Crippen LogP contribution in [0.4, 0.5) is 0 Å². The van der Waals surface area contributed by atoms with Crippen LogP contribution in [-0.4, -0.2) is 32.5 Å². The summed E-state index contributed by atoms with van der Waals surface area (Å²) in [6.07, 6.45) is 0.865. The highest BCUT2D eigenvalue weighted by Crippen LogP contribution is 2.17. The maximum Gasteiger partial charge on any atom is 0.147 e. The van der Waals surface area contributed by atoms with Gasteiger partial charge in [-0.05, 0) is 26.2 Å². The summed E-state index contributed by atoms with van der Waals surface area (Å²) in [6.45, 7) is 7.95. The van der Waals surface area contributed by atoms with E-state index in [1.807, 2.05) is 13.8 Å². The van der Waals surface area contributed by atoms with Crippen molar-refractivity contribution in [3.05, 3.63) is 11.6 Å². The summed E-state index contributed by atoms with van der Waals surface area (Å²) in [5.41, 5.74) is 6.09. The second-order valence-corrected chi connectivity index (χ2v) is 4.69. The van der Waals surface area contributed by atoms with Gasteiger partial charge in [-0.1, -0.05) is 13.8 Å². The Morgan fingerprint density at radius 3 is 2.38 bits per heavy atom. The summed E-state index contributed by atoms with van der Waals surface area (Å²) in [5, 5.41) is 13.7. The zero-order valence-corrected chi connectivity index (χ0v) is 10.5. The van der Waals surface area contributed by atoms with Gasteiger partial charge in [0.1, 0.15) is 11.6 Å². The number of nitrogens with two attached hydrogens (primary N) is 1. The van der Waals surface area contributed by atoms with Gasteiger partial charge in [0.15, 0.2) is 0 Å². The quantitative estimate of drug-likeness (QED) is 0.778. The Kier molecular flexibility index (Phi) is 4.44. The van der Waals surface area contributed by atoms with Crippen LogP contribution in [0, 0.1) is 19.8 Å². The first kappa shape index (κ1) is 13.1. The molecule has 0 aliphatic heterocycles. The van der Waals surface area contributed by atoms with E-state index in [2.05, 4.69) is 23.9 Å². The standard InChI is InChI=1S/C11H22N4O/c1-7(2)5-10(12)11(6-16)15-9(4)13-8(3)14-15/h7,10-11,16H,5-6,12H2,1-4H3. The molecule has 1 rings (SSSR count). The van der Waals surface area contributed by atoms with Gasteiger partial charge in [0, 0.05) is 6.04 Å². The lowest BCUT2D eigenvalue weighted by Crippen LogP contribution is -2.36. The number of aromatic nitrogens is 3. The lowest BCUT2D eigenvalue weighted by Gasteiger charge is -2.24. The fourth-order valence-corrected chi connectivity index (χ4v) is 1.95. The first-order valence-corrected chi connectivity index (χ1v) is 5.71. The highest BCUT2D eigenvalue weighted by Gasteiger charge is 2.22. The number of hydrogen-bond acceptors (Lipinski definition) is 4. The van der Waals surface area contributed by atoms with Gasteiger partial charge >= 0.3 is 0 Å². The predicted molar refractivity (Wildman–Crippen MR) is 63.0 cm³/mol. The van der Waals surface area contributed by atoms with Crippen LogP contribution in [0.1, 0.15) is 38.0 Å². The van der Waals surface area contributed by atoms with Crippen molar-refractivity contribution in [1.82, 2.24) is 14.8 Å². The molecule has 1 aromatic heterocycles. The highest BCUT2D eigenvalue weighted by atomic mass is 16.3. The van der Waals surface area contributed by atoms with Gasteiger partial charge in [-0.15, -0.1) is 0 Å². The summed E-state index contributed by atoms with van der Waals surface area (Å²) in [7, 11) is 0. The number of aryl methyl sites for hydroxylation is 2. The van der Waals surface area contributed by atoms with Crippen molar-refractivity contribution in [2.75, 3.05) is 6.61 Å². The van der Waals surface area contributed by atoms with Crippen LogP contribution in [0.5, 0.6) is 0 Å². The van der Waals surface area contributed by atoms with Crippen molar-refractivity contribution >= 4 is 0 Å². The molecule has 5 heteroatoms. The van der Waals surface area contributed by atoms with E-state index < -0.39 is 0 Å². The Bertz CT molecular complexity index is 335. The van der Waals surface area contributed by atoms with E-state index in [4.69, 9.17) is 5.73 Å². The van der Waals surface area contributed by atoms with Crippen LogP contribution in [-0.2, 0) is 0 Å². The minimum atomic E-state index is -0.177. The van der Waals surface area contributed by atoms with Gasteiger partial charge < -0.3 is 10.8 Å². The fraction of sp³-hybridized carbons (Fsp3) is 0.818. The SMILES string of the molecule is Cc1nc(C)n(C(CO)C(N)CC(C)C)n1. The smallest absolute Gasteiger partial charge is 0.147 e. The Morgan fingerprint density at radius 2 is 2.00 bits per heavy atom. The molecule has 0 spiro atoms. The van der Waals surface area contributed by atoms with Crippen molar-refractivity contribution in [2.45, 2.75) is 46.2 Å². The van der Waals surface area contributed by atoms with Gasteiger partial charge in [0.05, 0.1) is 12.6 Å². The third-order valence-corrected chi connectivity index (χ3v) is 2.65. The zero-order chi connectivity index (χ0) is 12.3. The van der Waals surface area contributed by atoms with E-state index in [0.29, 0.717) is 11.7 Å². The first-order valence-electron chi connectivity index (χ1n) is 5.71. The molecule has 0 aromatic carbocycles. The third-order valence-electron chi connectivity index (χ3n) is 2.65. The van der Waals surface area contributed by atoms with Crippen LogP contribution in [0.3, 0.4) is 0 Å². The van der Waals surface area contributed by atoms with Crippen molar-refractivity contribution < 1.29 is 5.11 Å². The van der Waals surface area contributed by atoms with Crippen LogP contribution in [0.25, 0.3) is 0 Å². The minimum absolute atomic E-state index is 0.00245. The van der Waals surface area contributed by atoms with E-state index in [-0.39, 0.29) is 18.7 Å². The molecular formula is C11H22N4O. The monoisotopic (exact) mass is 226 g/mol. The van der Waals surface area contributed by atoms with Crippen LogP contribution in [0.15, 0.2) is 0 Å². The molecule has 2 unspecified atom stereocenters. The predicted octanol–water partition coefficient (Wildman–Crippen LogP) is 0.802. The van der Waals surface area contributed by atoms with Crippen molar-refractivity contribution in [2.24, 2.45) is 11.7 Å². The second-order valence-electron chi connectivity index (χ2n) is 4.69. The largest absolute Gasteiger partial charge is 0.394 e. The molecule has 0 aliphatic rings. The molecule has 3 N–H and O–H groups in total. The summed E-state index contributed by atoms with van der Waals surface area (Å²) < 4.78 is 1.74. The third kappa shape index (κ3) is 3.02. The normalized spacial score (nSPS) is 15.4. The average Bonchev–Trinajstić information content (AvgIpc) is 2.45. The number of aliphatic hydroxyl groups excluding tert-OH is 1. The number of aliphatic hydroxyl groups is 1. The molecule has 1 heterocycles. The lowest BCUT2D eigenvalue weighted by molar-refractivity contribution is 0.184. The summed E-state index contributed by atoms with van der Waals surface area (Å²) in [4.78, 5) is 4.23. The second kappa shape index (κ2) is 5.41. The molecule has 0 saturated heterocycles. The van der Waals surface area contributed by atoms with Crippen molar-refractivity contribution in [3.63, 3.8) is 0 Å². The summed E-state index contributed by atoms with van der Waals surface area (Å²) in [5.74, 6) is 2.03. The number of rotatable bonds is 5. The maximum atomic E-state index is 9.43.